The standard InChI is InChI=1S/C8H15NO2/c9-4-1-2-5-11-8-3-6-10-7-8/h1-2,8H,3-7,9H2. The molecule has 11 heavy (non-hydrogen) atoms. The van der Waals surface area contributed by atoms with Crippen LogP contribution in [0.1, 0.15) is 6.42 Å². The molecule has 0 aromatic rings. The summed E-state index contributed by atoms with van der Waals surface area (Å²) in [7, 11) is 0. The SMILES string of the molecule is NCC=CCOC1CCOC1. The van der Waals surface area contributed by atoms with E-state index >= 15 is 0 Å². The van der Waals surface area contributed by atoms with Crippen LogP contribution in [-0.4, -0.2) is 32.5 Å². The Morgan fingerprint density at radius 2 is 2.45 bits per heavy atom. The minimum Gasteiger partial charge on any atom is -0.379 e. The van der Waals surface area contributed by atoms with E-state index in [1.165, 1.54) is 0 Å². The number of rotatable bonds is 4. The van der Waals surface area contributed by atoms with Gasteiger partial charge >= 0.3 is 0 Å². The van der Waals surface area contributed by atoms with Crippen molar-refractivity contribution < 1.29 is 9.47 Å². The maximum absolute atomic E-state index is 5.44. The Labute approximate surface area is 67.2 Å². The molecule has 0 aromatic heterocycles. The fourth-order valence-electron chi connectivity index (χ4n) is 1.00. The third-order valence-electron chi connectivity index (χ3n) is 1.62. The summed E-state index contributed by atoms with van der Waals surface area (Å²) in [6.45, 7) is 2.83. The van der Waals surface area contributed by atoms with Crippen molar-refractivity contribution in [2.45, 2.75) is 12.5 Å². The minimum atomic E-state index is 0.303. The van der Waals surface area contributed by atoms with Crippen molar-refractivity contribution in [1.29, 1.82) is 0 Å². The Hall–Kier alpha value is -0.380. The van der Waals surface area contributed by atoms with Crippen molar-refractivity contribution >= 4 is 0 Å². The largest absolute Gasteiger partial charge is 0.379 e. The molecule has 1 aliphatic rings. The molecular formula is C8H15NO2. The van der Waals surface area contributed by atoms with Crippen LogP contribution in [0.25, 0.3) is 0 Å². The lowest BCUT2D eigenvalue weighted by Gasteiger charge is -2.05. The van der Waals surface area contributed by atoms with Gasteiger partial charge in [-0.15, -0.1) is 0 Å². The van der Waals surface area contributed by atoms with Crippen LogP contribution < -0.4 is 5.73 Å². The predicted molar refractivity (Wildman–Crippen MR) is 43.4 cm³/mol. The van der Waals surface area contributed by atoms with E-state index in [2.05, 4.69) is 0 Å². The first-order valence-electron chi connectivity index (χ1n) is 3.98. The molecule has 1 unspecified atom stereocenters. The average Bonchev–Trinajstić information content (AvgIpc) is 2.50. The predicted octanol–water partition coefficient (Wildman–Crippen LogP) is 0.307. The van der Waals surface area contributed by atoms with Gasteiger partial charge in [-0.3, -0.25) is 0 Å². The molecule has 0 aromatic carbocycles. The van der Waals surface area contributed by atoms with Crippen molar-refractivity contribution in [2.75, 3.05) is 26.4 Å². The molecule has 1 saturated heterocycles. The van der Waals surface area contributed by atoms with Crippen LogP contribution in [0.3, 0.4) is 0 Å². The first-order chi connectivity index (χ1) is 5.43. The van der Waals surface area contributed by atoms with E-state index in [-0.39, 0.29) is 0 Å². The minimum absolute atomic E-state index is 0.303. The van der Waals surface area contributed by atoms with Crippen LogP contribution in [0.2, 0.25) is 0 Å². The second-order valence-corrected chi connectivity index (χ2v) is 2.53. The van der Waals surface area contributed by atoms with Gasteiger partial charge in [-0.25, -0.2) is 0 Å². The summed E-state index contributed by atoms with van der Waals surface area (Å²) in [5.41, 5.74) is 5.26. The molecule has 2 N–H and O–H groups in total. The van der Waals surface area contributed by atoms with Crippen LogP contribution in [0.5, 0.6) is 0 Å². The smallest absolute Gasteiger partial charge is 0.0834 e. The fourth-order valence-corrected chi connectivity index (χ4v) is 1.00. The Balaban J connectivity index is 1.97. The van der Waals surface area contributed by atoms with Gasteiger partial charge in [0.25, 0.3) is 0 Å². The third kappa shape index (κ3) is 3.51. The molecule has 1 aliphatic heterocycles. The molecule has 1 heterocycles. The zero-order valence-electron chi connectivity index (χ0n) is 6.66. The zero-order chi connectivity index (χ0) is 7.94. The molecule has 1 atom stereocenters. The van der Waals surface area contributed by atoms with Crippen molar-refractivity contribution in [3.63, 3.8) is 0 Å². The van der Waals surface area contributed by atoms with Gasteiger partial charge in [0.15, 0.2) is 0 Å². The fraction of sp³-hybridized carbons (Fsp3) is 0.750. The van der Waals surface area contributed by atoms with Gasteiger partial charge in [0.1, 0.15) is 0 Å². The molecule has 0 radical (unpaired) electrons. The van der Waals surface area contributed by atoms with Gasteiger partial charge in [0, 0.05) is 13.2 Å². The van der Waals surface area contributed by atoms with Gasteiger partial charge in [0.2, 0.25) is 0 Å². The molecule has 0 bridgehead atoms. The maximum atomic E-state index is 5.44. The highest BCUT2D eigenvalue weighted by atomic mass is 16.5. The first-order valence-corrected chi connectivity index (χ1v) is 3.98. The molecule has 0 aliphatic carbocycles. The van der Waals surface area contributed by atoms with E-state index in [9.17, 15) is 0 Å². The van der Waals surface area contributed by atoms with Gasteiger partial charge in [-0.05, 0) is 6.42 Å². The van der Waals surface area contributed by atoms with Crippen LogP contribution in [-0.2, 0) is 9.47 Å². The molecule has 1 rings (SSSR count). The highest BCUT2D eigenvalue weighted by Crippen LogP contribution is 2.07. The molecule has 0 saturated carbocycles. The van der Waals surface area contributed by atoms with Crippen molar-refractivity contribution in [2.24, 2.45) is 5.73 Å². The lowest BCUT2D eigenvalue weighted by atomic mass is 10.3. The number of hydrogen-bond donors (Lipinski definition) is 1. The number of nitrogens with two attached hydrogens (primary N) is 1. The topological polar surface area (TPSA) is 44.5 Å². The lowest BCUT2D eigenvalue weighted by molar-refractivity contribution is 0.0601. The van der Waals surface area contributed by atoms with E-state index in [4.69, 9.17) is 15.2 Å². The highest BCUT2D eigenvalue weighted by molar-refractivity contribution is 4.82. The molecule has 3 heteroatoms. The summed E-state index contributed by atoms with van der Waals surface area (Å²) >= 11 is 0. The summed E-state index contributed by atoms with van der Waals surface area (Å²) in [4.78, 5) is 0. The summed E-state index contributed by atoms with van der Waals surface area (Å²) in [6.07, 6.45) is 5.17. The second kappa shape index (κ2) is 5.29. The van der Waals surface area contributed by atoms with E-state index < -0.39 is 0 Å². The normalized spacial score (nSPS) is 25.0. The second-order valence-electron chi connectivity index (χ2n) is 2.53. The van der Waals surface area contributed by atoms with E-state index in [1.807, 2.05) is 12.2 Å². The van der Waals surface area contributed by atoms with Crippen molar-refractivity contribution in [3.8, 4) is 0 Å². The number of ether oxygens (including phenoxy) is 2. The van der Waals surface area contributed by atoms with Crippen LogP contribution in [0.15, 0.2) is 12.2 Å². The highest BCUT2D eigenvalue weighted by Gasteiger charge is 2.14. The monoisotopic (exact) mass is 157 g/mol. The third-order valence-corrected chi connectivity index (χ3v) is 1.62. The lowest BCUT2D eigenvalue weighted by Crippen LogP contribution is -2.12. The first kappa shape index (κ1) is 8.71. The molecule has 64 valence electrons. The molecule has 1 fully saturated rings. The van der Waals surface area contributed by atoms with Crippen LogP contribution >= 0.6 is 0 Å². The Morgan fingerprint density at radius 3 is 3.09 bits per heavy atom. The van der Waals surface area contributed by atoms with Gasteiger partial charge in [-0.2, -0.15) is 0 Å². The molecule has 0 spiro atoms. The Bertz CT molecular complexity index is 119. The maximum Gasteiger partial charge on any atom is 0.0834 e. The summed E-state index contributed by atoms with van der Waals surface area (Å²) < 4.78 is 10.6. The summed E-state index contributed by atoms with van der Waals surface area (Å²) in [6, 6.07) is 0. The van der Waals surface area contributed by atoms with E-state index in [1.54, 1.807) is 0 Å². The quantitative estimate of drug-likeness (QED) is 0.597. The van der Waals surface area contributed by atoms with Gasteiger partial charge < -0.3 is 15.2 Å². The van der Waals surface area contributed by atoms with Crippen LogP contribution in [0, 0.1) is 0 Å². The van der Waals surface area contributed by atoms with Crippen LogP contribution in [0.4, 0.5) is 0 Å². The van der Waals surface area contributed by atoms with Gasteiger partial charge in [-0.1, -0.05) is 12.2 Å². The zero-order valence-corrected chi connectivity index (χ0v) is 6.66. The Morgan fingerprint density at radius 1 is 1.55 bits per heavy atom. The average molecular weight is 157 g/mol. The number of hydrogen-bond acceptors (Lipinski definition) is 3. The van der Waals surface area contributed by atoms with Gasteiger partial charge in [0.05, 0.1) is 19.3 Å². The molecule has 0 amide bonds. The summed E-state index contributed by atoms with van der Waals surface area (Å²) in [5.74, 6) is 0. The van der Waals surface area contributed by atoms with E-state index in [0.717, 1.165) is 19.6 Å². The Kier molecular flexibility index (Phi) is 4.19. The van der Waals surface area contributed by atoms with Crippen molar-refractivity contribution in [3.05, 3.63) is 12.2 Å². The molecule has 3 nitrogen and oxygen atoms in total. The van der Waals surface area contributed by atoms with E-state index in [0.29, 0.717) is 19.3 Å². The molecular weight excluding hydrogens is 142 g/mol. The summed E-state index contributed by atoms with van der Waals surface area (Å²) in [5, 5.41) is 0. The van der Waals surface area contributed by atoms with Crippen molar-refractivity contribution in [1.82, 2.24) is 0 Å².